The lowest BCUT2D eigenvalue weighted by molar-refractivity contribution is 0.417. The van der Waals surface area contributed by atoms with E-state index in [1.165, 1.54) is 25.3 Å². The standard InChI is InChI=1S/C14H15FN2O5S2/c1-22-14-8-5-11(16-23(2,18)19)9-13(14)17-24(20,21)12-6-3-10(15)4-7-12/h3-9,16-17H,1-2H3. The zero-order valence-corrected chi connectivity index (χ0v) is 14.4. The molecule has 0 aliphatic carbocycles. The lowest BCUT2D eigenvalue weighted by Gasteiger charge is -2.14. The number of hydrogen-bond acceptors (Lipinski definition) is 5. The molecule has 0 aliphatic rings. The molecule has 0 aliphatic heterocycles. The first-order chi connectivity index (χ1) is 11.1. The summed E-state index contributed by atoms with van der Waals surface area (Å²) in [6.45, 7) is 0. The van der Waals surface area contributed by atoms with Crippen molar-refractivity contribution >= 4 is 31.4 Å². The van der Waals surface area contributed by atoms with E-state index < -0.39 is 25.9 Å². The molecule has 0 bridgehead atoms. The summed E-state index contributed by atoms with van der Waals surface area (Å²) in [7, 11) is -6.18. The highest BCUT2D eigenvalue weighted by atomic mass is 32.2. The van der Waals surface area contributed by atoms with Gasteiger partial charge >= 0.3 is 0 Å². The second-order valence-corrected chi connectivity index (χ2v) is 8.28. The van der Waals surface area contributed by atoms with E-state index in [0.717, 1.165) is 30.5 Å². The van der Waals surface area contributed by atoms with Gasteiger partial charge in [-0.1, -0.05) is 0 Å². The fourth-order valence-corrected chi connectivity index (χ4v) is 3.50. The van der Waals surface area contributed by atoms with Crippen molar-refractivity contribution in [3.05, 3.63) is 48.3 Å². The minimum atomic E-state index is -4.00. The van der Waals surface area contributed by atoms with E-state index in [9.17, 15) is 21.2 Å². The zero-order chi connectivity index (χ0) is 18.0. The molecule has 0 saturated carbocycles. The van der Waals surface area contributed by atoms with Crippen molar-refractivity contribution in [2.75, 3.05) is 22.8 Å². The number of ether oxygens (including phenoxy) is 1. The van der Waals surface area contributed by atoms with Crippen molar-refractivity contribution in [1.82, 2.24) is 0 Å². The third-order valence-electron chi connectivity index (χ3n) is 2.87. The van der Waals surface area contributed by atoms with Crippen LogP contribution in [0.5, 0.6) is 5.75 Å². The molecule has 0 radical (unpaired) electrons. The highest BCUT2D eigenvalue weighted by molar-refractivity contribution is 7.92. The molecule has 10 heteroatoms. The van der Waals surface area contributed by atoms with Gasteiger partial charge in [-0.05, 0) is 42.5 Å². The van der Waals surface area contributed by atoms with Crippen LogP contribution in [0.1, 0.15) is 0 Å². The van der Waals surface area contributed by atoms with Gasteiger partial charge < -0.3 is 4.74 Å². The van der Waals surface area contributed by atoms with E-state index >= 15 is 0 Å². The van der Waals surface area contributed by atoms with Crippen LogP contribution < -0.4 is 14.2 Å². The molecule has 0 atom stereocenters. The van der Waals surface area contributed by atoms with Gasteiger partial charge in [0.2, 0.25) is 10.0 Å². The van der Waals surface area contributed by atoms with Gasteiger partial charge in [0.25, 0.3) is 10.0 Å². The molecule has 0 unspecified atom stereocenters. The van der Waals surface area contributed by atoms with Gasteiger partial charge in [-0.2, -0.15) is 0 Å². The fourth-order valence-electron chi connectivity index (χ4n) is 1.88. The van der Waals surface area contributed by atoms with Crippen LogP contribution in [0.2, 0.25) is 0 Å². The Labute approximate surface area is 139 Å². The number of nitrogens with one attached hydrogen (secondary N) is 2. The molecule has 130 valence electrons. The second-order valence-electron chi connectivity index (χ2n) is 4.85. The van der Waals surface area contributed by atoms with Crippen molar-refractivity contribution in [3.8, 4) is 5.75 Å². The predicted molar refractivity (Wildman–Crippen MR) is 88.7 cm³/mol. The smallest absolute Gasteiger partial charge is 0.262 e. The first-order valence-corrected chi connectivity index (χ1v) is 9.92. The normalized spacial score (nSPS) is 11.8. The largest absolute Gasteiger partial charge is 0.495 e. The van der Waals surface area contributed by atoms with Crippen LogP contribution >= 0.6 is 0 Å². The molecule has 2 aromatic carbocycles. The minimum absolute atomic E-state index is 0.0375. The molecule has 0 fully saturated rings. The van der Waals surface area contributed by atoms with E-state index in [1.807, 2.05) is 0 Å². The monoisotopic (exact) mass is 374 g/mol. The van der Waals surface area contributed by atoms with Crippen molar-refractivity contribution < 1.29 is 26.0 Å². The molecule has 7 nitrogen and oxygen atoms in total. The second kappa shape index (κ2) is 6.65. The molecule has 2 rings (SSSR count). The minimum Gasteiger partial charge on any atom is -0.495 e. The molecule has 2 N–H and O–H groups in total. The van der Waals surface area contributed by atoms with Gasteiger partial charge in [0.15, 0.2) is 0 Å². The van der Waals surface area contributed by atoms with Crippen molar-refractivity contribution in [3.63, 3.8) is 0 Å². The summed E-state index contributed by atoms with van der Waals surface area (Å²) in [6, 6.07) is 8.39. The Morgan fingerprint density at radius 1 is 0.958 bits per heavy atom. The van der Waals surface area contributed by atoms with Crippen LogP contribution in [-0.4, -0.2) is 30.2 Å². The summed E-state index contributed by atoms with van der Waals surface area (Å²) in [5.74, 6) is -0.370. The topological polar surface area (TPSA) is 102 Å². The molecular weight excluding hydrogens is 359 g/mol. The number of sulfonamides is 2. The van der Waals surface area contributed by atoms with Crippen LogP contribution in [0.15, 0.2) is 47.4 Å². The Bertz CT molecular complexity index is 942. The molecular formula is C14H15FN2O5S2. The quantitative estimate of drug-likeness (QED) is 0.805. The summed E-state index contributed by atoms with van der Waals surface area (Å²) in [4.78, 5) is -0.146. The molecule has 0 aromatic heterocycles. The van der Waals surface area contributed by atoms with Crippen molar-refractivity contribution in [2.45, 2.75) is 4.90 Å². The summed E-state index contributed by atoms with van der Waals surface area (Å²) < 4.78 is 69.8. The number of benzene rings is 2. The average Bonchev–Trinajstić information content (AvgIpc) is 2.46. The van der Waals surface area contributed by atoms with Crippen LogP contribution in [0.3, 0.4) is 0 Å². The number of rotatable bonds is 6. The fraction of sp³-hybridized carbons (Fsp3) is 0.143. The summed E-state index contributed by atoms with van der Waals surface area (Å²) >= 11 is 0. The SMILES string of the molecule is COc1ccc(NS(C)(=O)=O)cc1NS(=O)(=O)c1ccc(F)cc1. The Morgan fingerprint density at radius 3 is 2.12 bits per heavy atom. The zero-order valence-electron chi connectivity index (χ0n) is 12.8. The summed E-state index contributed by atoms with van der Waals surface area (Å²) in [5, 5.41) is 0. The Hall–Kier alpha value is -2.33. The molecule has 2 aromatic rings. The Balaban J connectivity index is 2.39. The van der Waals surface area contributed by atoms with Gasteiger partial charge in [-0.3, -0.25) is 9.44 Å². The first kappa shape index (κ1) is 18.0. The van der Waals surface area contributed by atoms with Gasteiger partial charge in [0.05, 0.1) is 29.6 Å². The summed E-state index contributed by atoms with van der Waals surface area (Å²) in [6.07, 6.45) is 0.972. The van der Waals surface area contributed by atoms with Gasteiger partial charge in [-0.15, -0.1) is 0 Å². The average molecular weight is 374 g/mol. The maximum Gasteiger partial charge on any atom is 0.262 e. The number of halogens is 1. The third kappa shape index (κ3) is 4.59. The van der Waals surface area contributed by atoms with Crippen LogP contribution in [0.25, 0.3) is 0 Å². The number of anilines is 2. The Morgan fingerprint density at radius 2 is 1.58 bits per heavy atom. The van der Waals surface area contributed by atoms with Crippen LogP contribution in [0, 0.1) is 5.82 Å². The molecule has 0 spiro atoms. The Kier molecular flexibility index (Phi) is 4.99. The van der Waals surface area contributed by atoms with Gasteiger partial charge in [0, 0.05) is 0 Å². The van der Waals surface area contributed by atoms with E-state index in [2.05, 4.69) is 9.44 Å². The molecule has 0 amide bonds. The number of methoxy groups -OCH3 is 1. The van der Waals surface area contributed by atoms with E-state index in [4.69, 9.17) is 4.74 Å². The van der Waals surface area contributed by atoms with Crippen molar-refractivity contribution in [1.29, 1.82) is 0 Å². The maximum absolute atomic E-state index is 12.9. The predicted octanol–water partition coefficient (Wildman–Crippen LogP) is 2.01. The van der Waals surface area contributed by atoms with E-state index in [1.54, 1.807) is 0 Å². The molecule has 0 saturated heterocycles. The van der Waals surface area contributed by atoms with Gasteiger partial charge in [0.1, 0.15) is 11.6 Å². The van der Waals surface area contributed by atoms with E-state index in [-0.39, 0.29) is 22.0 Å². The highest BCUT2D eigenvalue weighted by Gasteiger charge is 2.17. The third-order valence-corrected chi connectivity index (χ3v) is 4.86. The highest BCUT2D eigenvalue weighted by Crippen LogP contribution is 2.30. The molecule has 24 heavy (non-hydrogen) atoms. The summed E-state index contributed by atoms with van der Waals surface area (Å²) in [5.41, 5.74) is 0.200. The van der Waals surface area contributed by atoms with E-state index in [0.29, 0.717) is 0 Å². The van der Waals surface area contributed by atoms with Gasteiger partial charge in [-0.25, -0.2) is 21.2 Å². The lowest BCUT2D eigenvalue weighted by atomic mass is 10.2. The van der Waals surface area contributed by atoms with Crippen LogP contribution in [-0.2, 0) is 20.0 Å². The number of hydrogen-bond donors (Lipinski definition) is 2. The lowest BCUT2D eigenvalue weighted by Crippen LogP contribution is -2.14. The van der Waals surface area contributed by atoms with Crippen molar-refractivity contribution in [2.24, 2.45) is 0 Å². The van der Waals surface area contributed by atoms with Crippen LogP contribution in [0.4, 0.5) is 15.8 Å². The first-order valence-electron chi connectivity index (χ1n) is 6.55. The molecule has 0 heterocycles. The maximum atomic E-state index is 12.9.